The fourth-order valence-electron chi connectivity index (χ4n) is 3.52. The molecule has 2 rings (SSSR count). The molecule has 0 aliphatic carbocycles. The van der Waals surface area contributed by atoms with E-state index < -0.39 is 30.0 Å². The van der Waals surface area contributed by atoms with E-state index in [1.165, 1.54) is 24.3 Å². The summed E-state index contributed by atoms with van der Waals surface area (Å²) < 4.78 is 23.9. The van der Waals surface area contributed by atoms with E-state index in [4.69, 9.17) is 21.1 Å². The van der Waals surface area contributed by atoms with Gasteiger partial charge in [-0.1, -0.05) is 45.4 Å². The van der Waals surface area contributed by atoms with Crippen LogP contribution in [0.15, 0.2) is 23.8 Å². The highest BCUT2D eigenvalue weighted by Crippen LogP contribution is 2.33. The monoisotopic (exact) mass is 426 g/mol. The Balaban J connectivity index is 2.01. The van der Waals surface area contributed by atoms with Crippen LogP contribution in [-0.2, 0) is 19.1 Å². The highest BCUT2D eigenvalue weighted by atomic mass is 35.5. The summed E-state index contributed by atoms with van der Waals surface area (Å²) in [5.74, 6) is -1.41. The van der Waals surface area contributed by atoms with Crippen molar-refractivity contribution in [2.75, 3.05) is 13.2 Å². The number of carbonyl (C=O) groups excluding carboxylic acids is 2. The molecule has 1 saturated heterocycles. The van der Waals surface area contributed by atoms with E-state index >= 15 is 0 Å². The second kappa shape index (κ2) is 9.26. The Morgan fingerprint density at radius 2 is 2.14 bits per heavy atom. The third-order valence-corrected chi connectivity index (χ3v) is 4.92. The van der Waals surface area contributed by atoms with E-state index in [0.717, 1.165) is 6.42 Å². The van der Waals surface area contributed by atoms with Crippen molar-refractivity contribution in [2.45, 2.75) is 52.6 Å². The lowest BCUT2D eigenvalue weighted by Gasteiger charge is -2.25. The van der Waals surface area contributed by atoms with Crippen LogP contribution < -0.4 is 0 Å². The van der Waals surface area contributed by atoms with Gasteiger partial charge >= 0.3 is 11.9 Å². The Labute approximate surface area is 175 Å². The quantitative estimate of drug-likeness (QED) is 0.511. The summed E-state index contributed by atoms with van der Waals surface area (Å²) in [5.41, 5.74) is -0.380. The standard InChI is InChI=1S/C22H28ClFO5/c1-14(10-21(2,3)4)7-19(26)28-13-22(12-25)11-16(20(27)29-22)8-15-5-6-18(24)17(23)9-15/h5-6,8-9,14,25H,7,10-13H2,1-4H3/b16-8-. The van der Waals surface area contributed by atoms with Crippen molar-refractivity contribution in [2.24, 2.45) is 11.3 Å². The maximum Gasteiger partial charge on any atom is 0.334 e. The molecule has 1 aromatic carbocycles. The van der Waals surface area contributed by atoms with Crippen LogP contribution in [0, 0.1) is 17.2 Å². The normalized spacial score (nSPS) is 21.9. The van der Waals surface area contributed by atoms with E-state index in [1.54, 1.807) is 0 Å². The van der Waals surface area contributed by atoms with Crippen molar-refractivity contribution >= 4 is 29.6 Å². The minimum absolute atomic E-state index is 0.0579. The van der Waals surface area contributed by atoms with Gasteiger partial charge in [0.25, 0.3) is 0 Å². The second-order valence-electron chi connectivity index (χ2n) is 8.99. The molecule has 0 aromatic heterocycles. The van der Waals surface area contributed by atoms with E-state index in [0.29, 0.717) is 11.1 Å². The van der Waals surface area contributed by atoms with Crippen LogP contribution in [0.2, 0.25) is 5.02 Å². The van der Waals surface area contributed by atoms with Crippen LogP contribution in [0.5, 0.6) is 0 Å². The first-order valence-corrected chi connectivity index (χ1v) is 9.96. The molecule has 1 aliphatic heterocycles. The number of hydrogen-bond donors (Lipinski definition) is 1. The first-order chi connectivity index (χ1) is 13.4. The van der Waals surface area contributed by atoms with Crippen molar-refractivity contribution in [1.29, 1.82) is 0 Å². The summed E-state index contributed by atoms with van der Waals surface area (Å²) in [4.78, 5) is 24.4. The first kappa shape index (κ1) is 23.4. The number of benzene rings is 1. The molecule has 0 radical (unpaired) electrons. The predicted molar refractivity (Wildman–Crippen MR) is 109 cm³/mol. The van der Waals surface area contributed by atoms with Gasteiger partial charge < -0.3 is 14.6 Å². The number of halogens is 2. The molecule has 0 amide bonds. The first-order valence-electron chi connectivity index (χ1n) is 9.58. The molecule has 1 aliphatic rings. The summed E-state index contributed by atoms with van der Waals surface area (Å²) >= 11 is 5.77. The van der Waals surface area contributed by atoms with E-state index in [2.05, 4.69) is 20.8 Å². The van der Waals surface area contributed by atoms with Crippen molar-refractivity contribution in [1.82, 2.24) is 0 Å². The smallest absolute Gasteiger partial charge is 0.334 e. The number of hydrogen-bond acceptors (Lipinski definition) is 5. The van der Waals surface area contributed by atoms with Crippen molar-refractivity contribution in [3.63, 3.8) is 0 Å². The molecule has 1 fully saturated rings. The van der Waals surface area contributed by atoms with Crippen molar-refractivity contribution in [3.05, 3.63) is 40.2 Å². The fourth-order valence-corrected chi connectivity index (χ4v) is 3.71. The summed E-state index contributed by atoms with van der Waals surface area (Å²) in [6.45, 7) is 7.60. The van der Waals surface area contributed by atoms with Crippen LogP contribution in [0.4, 0.5) is 4.39 Å². The SMILES string of the molecule is CC(CC(=O)OCC1(CO)C/C(=C/c2ccc(F)c(Cl)c2)C(=O)O1)CC(C)(C)C. The number of esters is 2. The van der Waals surface area contributed by atoms with Gasteiger partial charge in [-0.05, 0) is 41.5 Å². The van der Waals surface area contributed by atoms with Gasteiger partial charge in [0.1, 0.15) is 12.4 Å². The molecule has 7 heteroatoms. The molecular formula is C22H28ClFO5. The number of aliphatic hydroxyl groups excluding tert-OH is 1. The lowest BCUT2D eigenvalue weighted by atomic mass is 9.84. The molecule has 160 valence electrons. The van der Waals surface area contributed by atoms with Gasteiger partial charge in [0, 0.05) is 18.4 Å². The van der Waals surface area contributed by atoms with Gasteiger partial charge in [0.05, 0.1) is 11.6 Å². The Morgan fingerprint density at radius 3 is 2.72 bits per heavy atom. The fraction of sp³-hybridized carbons (Fsp3) is 0.545. The summed E-state index contributed by atoms with van der Waals surface area (Å²) in [5, 5.41) is 9.72. The maximum atomic E-state index is 13.3. The minimum Gasteiger partial charge on any atom is -0.461 e. The van der Waals surface area contributed by atoms with Crippen molar-refractivity contribution < 1.29 is 28.6 Å². The average molecular weight is 427 g/mol. The van der Waals surface area contributed by atoms with Crippen LogP contribution in [0.1, 0.15) is 52.5 Å². The van der Waals surface area contributed by atoms with Crippen LogP contribution in [0.3, 0.4) is 0 Å². The number of aliphatic hydroxyl groups is 1. The third-order valence-electron chi connectivity index (χ3n) is 4.63. The van der Waals surface area contributed by atoms with Crippen molar-refractivity contribution in [3.8, 4) is 0 Å². The molecular weight excluding hydrogens is 399 g/mol. The average Bonchev–Trinajstić information content (AvgIpc) is 2.91. The highest BCUT2D eigenvalue weighted by Gasteiger charge is 2.44. The lowest BCUT2D eigenvalue weighted by Crippen LogP contribution is -2.39. The molecule has 1 heterocycles. The molecule has 5 nitrogen and oxygen atoms in total. The Kier molecular flexibility index (Phi) is 7.46. The molecule has 29 heavy (non-hydrogen) atoms. The Morgan fingerprint density at radius 1 is 1.45 bits per heavy atom. The molecule has 0 saturated carbocycles. The van der Waals surface area contributed by atoms with E-state index in [9.17, 15) is 19.1 Å². The number of carbonyl (C=O) groups is 2. The zero-order valence-corrected chi connectivity index (χ0v) is 18.0. The zero-order chi connectivity index (χ0) is 21.8. The molecule has 0 bridgehead atoms. The summed E-state index contributed by atoms with van der Waals surface area (Å²) in [7, 11) is 0. The summed E-state index contributed by atoms with van der Waals surface area (Å²) in [6.07, 6.45) is 2.72. The molecule has 1 N–H and O–H groups in total. The topological polar surface area (TPSA) is 72.8 Å². The number of cyclic esters (lactones) is 1. The Hall–Kier alpha value is -1.92. The van der Waals surface area contributed by atoms with Gasteiger partial charge in [0.2, 0.25) is 0 Å². The zero-order valence-electron chi connectivity index (χ0n) is 17.3. The maximum absolute atomic E-state index is 13.3. The van der Waals surface area contributed by atoms with Gasteiger partial charge in [0.15, 0.2) is 5.60 Å². The number of rotatable bonds is 7. The third kappa shape index (κ3) is 6.82. The molecule has 2 unspecified atom stereocenters. The predicted octanol–water partition coefficient (Wildman–Crippen LogP) is 4.55. The summed E-state index contributed by atoms with van der Waals surface area (Å²) in [6, 6.07) is 4.08. The molecule has 2 atom stereocenters. The van der Waals surface area contributed by atoms with Gasteiger partial charge in [-0.25, -0.2) is 9.18 Å². The lowest BCUT2D eigenvalue weighted by molar-refractivity contribution is -0.166. The van der Waals surface area contributed by atoms with Crippen LogP contribution in [-0.4, -0.2) is 35.9 Å². The molecule has 1 aromatic rings. The minimum atomic E-state index is -1.31. The number of ether oxygens (including phenoxy) is 2. The molecule has 0 spiro atoms. The van der Waals surface area contributed by atoms with Crippen LogP contribution >= 0.6 is 11.6 Å². The van der Waals surface area contributed by atoms with E-state index in [1.807, 2.05) is 6.92 Å². The second-order valence-corrected chi connectivity index (χ2v) is 9.39. The van der Waals surface area contributed by atoms with Gasteiger partial charge in [-0.15, -0.1) is 0 Å². The highest BCUT2D eigenvalue weighted by molar-refractivity contribution is 6.30. The van der Waals surface area contributed by atoms with Crippen LogP contribution in [0.25, 0.3) is 6.08 Å². The van der Waals surface area contributed by atoms with Gasteiger partial charge in [-0.3, -0.25) is 4.79 Å². The van der Waals surface area contributed by atoms with Gasteiger partial charge in [-0.2, -0.15) is 0 Å². The van der Waals surface area contributed by atoms with E-state index in [-0.39, 0.29) is 35.8 Å². The largest absolute Gasteiger partial charge is 0.461 e. The Bertz CT molecular complexity index is 799.